The highest BCUT2D eigenvalue weighted by atomic mass is 14.9. The van der Waals surface area contributed by atoms with Crippen LogP contribution in [-0.2, 0) is 0 Å². The molecule has 0 atom stereocenters. The lowest BCUT2D eigenvalue weighted by Crippen LogP contribution is -1.93. The van der Waals surface area contributed by atoms with Gasteiger partial charge in [0.25, 0.3) is 0 Å². The van der Waals surface area contributed by atoms with E-state index in [-0.39, 0.29) is 0 Å². The zero-order chi connectivity index (χ0) is 15.7. The molecule has 0 saturated heterocycles. The Labute approximate surface area is 128 Å². The number of rotatable bonds is 3. The molecule has 0 bridgehead atoms. The zero-order valence-corrected chi connectivity index (χ0v) is 13.6. The van der Waals surface area contributed by atoms with Crippen LogP contribution in [0.2, 0.25) is 0 Å². The second-order valence-corrected chi connectivity index (χ2v) is 4.38. The summed E-state index contributed by atoms with van der Waals surface area (Å²) in [4.78, 5) is 8.99. The zero-order valence-electron chi connectivity index (χ0n) is 13.6. The molecule has 0 radical (unpaired) electrons. The minimum atomic E-state index is 0.765. The van der Waals surface area contributed by atoms with Crippen LogP contribution < -0.4 is 0 Å². The van der Waals surface area contributed by atoms with E-state index in [0.717, 1.165) is 22.7 Å². The fraction of sp³-hybridized carbons (Fsp3) is 0.263. The summed E-state index contributed by atoms with van der Waals surface area (Å²) < 4.78 is 0. The Morgan fingerprint density at radius 2 is 1.67 bits per heavy atom. The van der Waals surface area contributed by atoms with Gasteiger partial charge in [-0.25, -0.2) is 9.97 Å². The largest absolute Gasteiger partial charge is 0.237 e. The van der Waals surface area contributed by atoms with Crippen LogP contribution in [0.3, 0.4) is 0 Å². The summed E-state index contributed by atoms with van der Waals surface area (Å²) in [6.45, 7) is 10.1. The van der Waals surface area contributed by atoms with Gasteiger partial charge < -0.3 is 0 Å². The summed E-state index contributed by atoms with van der Waals surface area (Å²) in [6, 6.07) is 10.2. The molecule has 2 aromatic rings. The number of hydrogen-bond acceptors (Lipinski definition) is 2. The molecule has 21 heavy (non-hydrogen) atoms. The molecule has 0 N–H and O–H groups in total. The molecule has 0 amide bonds. The van der Waals surface area contributed by atoms with E-state index in [2.05, 4.69) is 53.3 Å². The Bertz CT molecular complexity index is 608. The molecule has 2 heteroatoms. The third-order valence-electron chi connectivity index (χ3n) is 2.92. The van der Waals surface area contributed by atoms with Crippen LogP contribution in [0.4, 0.5) is 0 Å². The van der Waals surface area contributed by atoms with Crippen LogP contribution in [-0.4, -0.2) is 9.97 Å². The van der Waals surface area contributed by atoms with E-state index in [1.807, 2.05) is 46.0 Å². The van der Waals surface area contributed by atoms with Gasteiger partial charge in [-0.3, -0.25) is 0 Å². The summed E-state index contributed by atoms with van der Waals surface area (Å²) >= 11 is 0. The molecule has 0 aliphatic carbocycles. The predicted octanol–water partition coefficient (Wildman–Crippen LogP) is 5.46. The molecule has 0 aliphatic rings. The van der Waals surface area contributed by atoms with Gasteiger partial charge in [0.05, 0.1) is 5.69 Å². The monoisotopic (exact) mass is 280 g/mol. The topological polar surface area (TPSA) is 25.8 Å². The third-order valence-corrected chi connectivity index (χ3v) is 2.92. The summed E-state index contributed by atoms with van der Waals surface area (Å²) in [6.07, 6.45) is 7.94. The molecule has 0 fully saturated rings. The van der Waals surface area contributed by atoms with Gasteiger partial charge in [-0.1, -0.05) is 61.9 Å². The van der Waals surface area contributed by atoms with Crippen LogP contribution in [0.5, 0.6) is 0 Å². The Hall–Kier alpha value is -2.22. The summed E-state index contributed by atoms with van der Waals surface area (Å²) in [5.41, 5.74) is 4.34. The minimum Gasteiger partial charge on any atom is -0.237 e. The molecule has 2 nitrogen and oxygen atoms in total. The molecule has 2 rings (SSSR count). The van der Waals surface area contributed by atoms with Gasteiger partial charge in [0.1, 0.15) is 0 Å². The molecular weight excluding hydrogens is 256 g/mol. The lowest BCUT2D eigenvalue weighted by atomic mass is 10.1. The van der Waals surface area contributed by atoms with Crippen LogP contribution in [0.15, 0.2) is 54.8 Å². The molecule has 1 heterocycles. The Balaban J connectivity index is 0.00000106. The maximum absolute atomic E-state index is 4.63. The van der Waals surface area contributed by atoms with Crippen LogP contribution in [0, 0.1) is 6.92 Å². The maximum atomic E-state index is 4.63. The lowest BCUT2D eigenvalue weighted by molar-refractivity contribution is 1.15. The lowest BCUT2D eigenvalue weighted by Gasteiger charge is -2.05. The van der Waals surface area contributed by atoms with E-state index in [0.29, 0.717) is 0 Å². The quantitative estimate of drug-likeness (QED) is 0.698. The van der Waals surface area contributed by atoms with Crippen molar-refractivity contribution >= 4 is 5.57 Å². The number of benzene rings is 1. The van der Waals surface area contributed by atoms with E-state index in [4.69, 9.17) is 0 Å². The molecule has 0 spiro atoms. The fourth-order valence-corrected chi connectivity index (χ4v) is 1.87. The Morgan fingerprint density at radius 1 is 1.00 bits per heavy atom. The maximum Gasteiger partial charge on any atom is 0.159 e. The van der Waals surface area contributed by atoms with Gasteiger partial charge in [0.15, 0.2) is 5.82 Å². The summed E-state index contributed by atoms with van der Waals surface area (Å²) in [5, 5.41) is 0. The molecule has 0 aliphatic heterocycles. The van der Waals surface area contributed by atoms with Crippen LogP contribution in [0.25, 0.3) is 17.0 Å². The normalized spacial score (nSPS) is 11.2. The predicted molar refractivity (Wildman–Crippen MR) is 92.0 cm³/mol. The second-order valence-electron chi connectivity index (χ2n) is 4.38. The number of aryl methyl sites for hydroxylation is 1. The second kappa shape index (κ2) is 8.85. The van der Waals surface area contributed by atoms with Gasteiger partial charge in [-0.05, 0) is 32.4 Å². The highest BCUT2D eigenvalue weighted by Gasteiger charge is 2.04. The van der Waals surface area contributed by atoms with Gasteiger partial charge in [0.2, 0.25) is 0 Å². The van der Waals surface area contributed by atoms with Crippen molar-refractivity contribution in [3.63, 3.8) is 0 Å². The molecule has 1 aromatic heterocycles. The van der Waals surface area contributed by atoms with Crippen molar-refractivity contribution < 1.29 is 0 Å². The number of hydrogen-bond donors (Lipinski definition) is 0. The SMILES string of the molecule is C/C=C\C(=C/C)c1ccnc(-c2ccc(C)cc2)n1.CC. The average molecular weight is 280 g/mol. The first-order valence-corrected chi connectivity index (χ1v) is 7.44. The van der Waals surface area contributed by atoms with Gasteiger partial charge in [-0.15, -0.1) is 0 Å². The van der Waals surface area contributed by atoms with Crippen molar-refractivity contribution in [3.8, 4) is 11.4 Å². The van der Waals surface area contributed by atoms with E-state index in [9.17, 15) is 0 Å². The van der Waals surface area contributed by atoms with Crippen molar-refractivity contribution in [1.82, 2.24) is 9.97 Å². The highest BCUT2D eigenvalue weighted by Crippen LogP contribution is 2.19. The van der Waals surface area contributed by atoms with Crippen molar-refractivity contribution in [3.05, 3.63) is 66.0 Å². The van der Waals surface area contributed by atoms with Gasteiger partial charge in [-0.2, -0.15) is 0 Å². The molecule has 0 saturated carbocycles. The standard InChI is InChI=1S/C17H18N2.C2H6/c1-4-6-14(5-2)16-11-12-18-17(19-16)15-9-7-13(3)8-10-15;1-2/h4-12H,1-3H3;1-2H3/b6-4-,14-5+;. The molecule has 0 unspecified atom stereocenters. The van der Waals surface area contributed by atoms with Crippen molar-refractivity contribution in [1.29, 1.82) is 0 Å². The molecule has 110 valence electrons. The average Bonchev–Trinajstić information content (AvgIpc) is 2.55. The van der Waals surface area contributed by atoms with Gasteiger partial charge in [0, 0.05) is 11.8 Å². The Kier molecular flexibility index (Phi) is 7.10. The summed E-state index contributed by atoms with van der Waals surface area (Å²) in [5.74, 6) is 0.765. The van der Waals surface area contributed by atoms with Crippen LogP contribution in [0.1, 0.15) is 39.0 Å². The summed E-state index contributed by atoms with van der Waals surface area (Å²) in [7, 11) is 0. The number of allylic oxidation sites excluding steroid dienone is 4. The van der Waals surface area contributed by atoms with Crippen LogP contribution >= 0.6 is 0 Å². The van der Waals surface area contributed by atoms with E-state index < -0.39 is 0 Å². The van der Waals surface area contributed by atoms with Crippen molar-refractivity contribution in [2.24, 2.45) is 0 Å². The van der Waals surface area contributed by atoms with Crippen molar-refractivity contribution in [2.75, 3.05) is 0 Å². The number of nitrogens with zero attached hydrogens (tertiary/aromatic N) is 2. The minimum absolute atomic E-state index is 0.765. The fourth-order valence-electron chi connectivity index (χ4n) is 1.87. The van der Waals surface area contributed by atoms with Gasteiger partial charge >= 0.3 is 0 Å². The Morgan fingerprint density at radius 3 is 2.24 bits per heavy atom. The smallest absolute Gasteiger partial charge is 0.159 e. The molecular formula is C19H24N2. The van der Waals surface area contributed by atoms with E-state index in [1.165, 1.54) is 5.56 Å². The first kappa shape index (κ1) is 16.8. The third kappa shape index (κ3) is 4.67. The first-order chi connectivity index (χ1) is 10.2. The first-order valence-electron chi connectivity index (χ1n) is 7.44. The number of aromatic nitrogens is 2. The van der Waals surface area contributed by atoms with E-state index >= 15 is 0 Å². The van der Waals surface area contributed by atoms with Crippen molar-refractivity contribution in [2.45, 2.75) is 34.6 Å². The molecule has 1 aromatic carbocycles. The van der Waals surface area contributed by atoms with E-state index in [1.54, 1.807) is 0 Å². The highest BCUT2D eigenvalue weighted by molar-refractivity contribution is 5.72.